The van der Waals surface area contributed by atoms with Crippen molar-refractivity contribution in [3.8, 4) is 5.69 Å². The summed E-state index contributed by atoms with van der Waals surface area (Å²) in [4.78, 5) is 13.0. The van der Waals surface area contributed by atoms with E-state index in [1.54, 1.807) is 23.3 Å². The third-order valence-corrected chi connectivity index (χ3v) is 3.71. The first-order chi connectivity index (χ1) is 8.81. The first-order valence-electron chi connectivity index (χ1n) is 5.65. The molecule has 0 atom stereocenters. The monoisotopic (exact) mass is 261 g/mol. The van der Waals surface area contributed by atoms with Gasteiger partial charge in [0.25, 0.3) is 0 Å². The molecule has 0 amide bonds. The molecule has 0 saturated heterocycles. The highest BCUT2D eigenvalue weighted by Gasteiger charge is 2.25. The topological polar surface area (TPSA) is 57.0 Å². The second kappa shape index (κ2) is 4.45. The number of aromatic nitrogens is 3. The van der Waals surface area contributed by atoms with Gasteiger partial charge < -0.3 is 4.74 Å². The van der Waals surface area contributed by atoms with E-state index < -0.39 is 5.97 Å². The molecule has 0 bridgehead atoms. The van der Waals surface area contributed by atoms with Gasteiger partial charge in [-0.3, -0.25) is 4.57 Å². The zero-order valence-electron chi connectivity index (χ0n) is 9.79. The summed E-state index contributed by atoms with van der Waals surface area (Å²) in [6.07, 6.45) is 0. The molecular formula is C12H11N3O2S. The first-order valence-corrected chi connectivity index (χ1v) is 6.63. The molecule has 1 aromatic carbocycles. The van der Waals surface area contributed by atoms with Crippen molar-refractivity contribution in [2.45, 2.75) is 17.6 Å². The highest BCUT2D eigenvalue weighted by molar-refractivity contribution is 7.98. The van der Waals surface area contributed by atoms with Crippen LogP contribution >= 0.6 is 11.8 Å². The van der Waals surface area contributed by atoms with Gasteiger partial charge in [-0.05, 0) is 19.1 Å². The van der Waals surface area contributed by atoms with E-state index >= 15 is 0 Å². The average molecular weight is 261 g/mol. The Labute approximate surface area is 108 Å². The van der Waals surface area contributed by atoms with Crippen LogP contribution in [0.1, 0.15) is 23.4 Å². The fraction of sp³-hybridized carbons (Fsp3) is 0.250. The SMILES string of the molecule is CCOC(=O)c1nnc2n1-c1ccccc1SC2. The summed E-state index contributed by atoms with van der Waals surface area (Å²) in [5, 5.41) is 7.99. The molecule has 0 fully saturated rings. The lowest BCUT2D eigenvalue weighted by Crippen LogP contribution is -2.15. The molecule has 6 heteroatoms. The van der Waals surface area contributed by atoms with Crippen LogP contribution in [0.15, 0.2) is 29.2 Å². The van der Waals surface area contributed by atoms with E-state index in [4.69, 9.17) is 4.74 Å². The summed E-state index contributed by atoms with van der Waals surface area (Å²) < 4.78 is 6.78. The fourth-order valence-electron chi connectivity index (χ4n) is 1.90. The largest absolute Gasteiger partial charge is 0.460 e. The van der Waals surface area contributed by atoms with Crippen LogP contribution in [0.2, 0.25) is 0 Å². The van der Waals surface area contributed by atoms with E-state index in [0.717, 1.165) is 16.4 Å². The Balaban J connectivity index is 2.13. The van der Waals surface area contributed by atoms with E-state index in [9.17, 15) is 4.79 Å². The molecular weight excluding hydrogens is 250 g/mol. The second-order valence-corrected chi connectivity index (χ2v) is 4.77. The molecule has 5 nitrogen and oxygen atoms in total. The van der Waals surface area contributed by atoms with Gasteiger partial charge in [0.1, 0.15) is 5.82 Å². The van der Waals surface area contributed by atoms with Crippen LogP contribution in [0.5, 0.6) is 0 Å². The van der Waals surface area contributed by atoms with Crippen molar-refractivity contribution >= 4 is 17.7 Å². The molecule has 1 aliphatic heterocycles. The van der Waals surface area contributed by atoms with Crippen molar-refractivity contribution < 1.29 is 9.53 Å². The first kappa shape index (κ1) is 11.3. The van der Waals surface area contributed by atoms with Gasteiger partial charge in [-0.1, -0.05) is 12.1 Å². The van der Waals surface area contributed by atoms with Crippen molar-refractivity contribution in [1.82, 2.24) is 14.8 Å². The number of hydrogen-bond acceptors (Lipinski definition) is 5. The van der Waals surface area contributed by atoms with Crippen LogP contribution < -0.4 is 0 Å². The van der Waals surface area contributed by atoms with Gasteiger partial charge in [0.15, 0.2) is 0 Å². The molecule has 0 N–H and O–H groups in total. The second-order valence-electron chi connectivity index (χ2n) is 3.75. The molecule has 3 rings (SSSR count). The number of fused-ring (bicyclic) bond motifs is 3. The molecule has 0 saturated carbocycles. The number of rotatable bonds is 2. The molecule has 2 aromatic rings. The van der Waals surface area contributed by atoms with Crippen molar-refractivity contribution in [3.05, 3.63) is 35.9 Å². The van der Waals surface area contributed by atoms with Gasteiger partial charge >= 0.3 is 5.97 Å². The standard InChI is InChI=1S/C12H11N3O2S/c1-2-17-12(16)11-14-13-10-7-18-9-6-4-3-5-8(9)15(10)11/h3-6H,2,7H2,1H3. The highest BCUT2D eigenvalue weighted by atomic mass is 32.2. The molecule has 0 aliphatic carbocycles. The Bertz CT molecular complexity index is 609. The summed E-state index contributed by atoms with van der Waals surface area (Å²) in [7, 11) is 0. The van der Waals surface area contributed by atoms with Crippen LogP contribution in [-0.2, 0) is 10.5 Å². The van der Waals surface area contributed by atoms with Gasteiger partial charge in [-0.2, -0.15) is 0 Å². The van der Waals surface area contributed by atoms with Gasteiger partial charge in [-0.25, -0.2) is 4.79 Å². The van der Waals surface area contributed by atoms with Crippen LogP contribution in [0.25, 0.3) is 5.69 Å². The maximum Gasteiger partial charge on any atom is 0.376 e. The predicted molar refractivity (Wildman–Crippen MR) is 66.9 cm³/mol. The summed E-state index contributed by atoms with van der Waals surface area (Å²) >= 11 is 1.69. The number of thioether (sulfide) groups is 1. The van der Waals surface area contributed by atoms with Gasteiger partial charge in [-0.15, -0.1) is 22.0 Å². The number of hydrogen-bond donors (Lipinski definition) is 0. The smallest absolute Gasteiger partial charge is 0.376 e. The molecule has 1 aliphatic rings. The molecule has 1 aromatic heterocycles. The highest BCUT2D eigenvalue weighted by Crippen LogP contribution is 2.34. The van der Waals surface area contributed by atoms with E-state index in [1.807, 2.05) is 24.3 Å². The maximum absolute atomic E-state index is 11.8. The number of carbonyl (C=O) groups is 1. The van der Waals surface area contributed by atoms with Gasteiger partial charge in [0, 0.05) is 4.90 Å². The third-order valence-electron chi connectivity index (χ3n) is 2.65. The fourth-order valence-corrected chi connectivity index (χ4v) is 2.85. The number of carbonyl (C=O) groups excluding carboxylic acids is 1. The number of para-hydroxylation sites is 1. The van der Waals surface area contributed by atoms with E-state index in [-0.39, 0.29) is 5.82 Å². The lowest BCUT2D eigenvalue weighted by Gasteiger charge is -2.17. The van der Waals surface area contributed by atoms with E-state index in [1.165, 1.54) is 0 Å². The molecule has 0 spiro atoms. The Kier molecular flexibility index (Phi) is 2.79. The quantitative estimate of drug-likeness (QED) is 0.774. The number of nitrogens with zero attached hydrogens (tertiary/aromatic N) is 3. The summed E-state index contributed by atoms with van der Waals surface area (Å²) in [6, 6.07) is 7.89. The van der Waals surface area contributed by atoms with E-state index in [2.05, 4.69) is 10.2 Å². The van der Waals surface area contributed by atoms with Crippen molar-refractivity contribution in [2.24, 2.45) is 0 Å². The Morgan fingerprint density at radius 1 is 1.44 bits per heavy atom. The van der Waals surface area contributed by atoms with Crippen molar-refractivity contribution in [2.75, 3.05) is 6.61 Å². The average Bonchev–Trinajstić information content (AvgIpc) is 2.83. The van der Waals surface area contributed by atoms with Crippen LogP contribution in [-0.4, -0.2) is 27.3 Å². The number of ether oxygens (including phenoxy) is 1. The van der Waals surface area contributed by atoms with Gasteiger partial charge in [0.05, 0.1) is 18.0 Å². The Morgan fingerprint density at radius 3 is 3.11 bits per heavy atom. The van der Waals surface area contributed by atoms with Crippen molar-refractivity contribution in [3.63, 3.8) is 0 Å². The summed E-state index contributed by atoms with van der Waals surface area (Å²) in [5.41, 5.74) is 0.941. The summed E-state index contributed by atoms with van der Waals surface area (Å²) in [5.74, 6) is 1.31. The zero-order valence-corrected chi connectivity index (χ0v) is 10.6. The number of benzene rings is 1. The normalized spacial score (nSPS) is 12.7. The third kappa shape index (κ3) is 1.69. The Morgan fingerprint density at radius 2 is 2.28 bits per heavy atom. The molecule has 18 heavy (non-hydrogen) atoms. The maximum atomic E-state index is 11.8. The summed E-state index contributed by atoms with van der Waals surface area (Å²) in [6.45, 7) is 2.10. The Hall–Kier alpha value is -1.82. The van der Waals surface area contributed by atoms with Gasteiger partial charge in [0.2, 0.25) is 5.82 Å². The van der Waals surface area contributed by atoms with E-state index in [0.29, 0.717) is 12.4 Å². The van der Waals surface area contributed by atoms with Crippen LogP contribution in [0, 0.1) is 0 Å². The zero-order chi connectivity index (χ0) is 12.5. The predicted octanol–water partition coefficient (Wildman–Crippen LogP) is 2.05. The molecule has 0 unspecified atom stereocenters. The van der Waals surface area contributed by atoms with Crippen LogP contribution in [0.3, 0.4) is 0 Å². The number of esters is 1. The van der Waals surface area contributed by atoms with Crippen molar-refractivity contribution in [1.29, 1.82) is 0 Å². The lowest BCUT2D eigenvalue weighted by atomic mass is 10.3. The minimum Gasteiger partial charge on any atom is -0.460 e. The molecule has 2 heterocycles. The minimum atomic E-state index is -0.432. The van der Waals surface area contributed by atoms with Crippen LogP contribution in [0.4, 0.5) is 0 Å². The molecule has 0 radical (unpaired) electrons. The lowest BCUT2D eigenvalue weighted by molar-refractivity contribution is 0.0509. The minimum absolute atomic E-state index is 0.250. The molecule has 92 valence electrons.